The zero-order valence-electron chi connectivity index (χ0n) is 28.5. The lowest BCUT2D eigenvalue weighted by Crippen LogP contribution is -2.55. The number of rotatable bonds is 13. The Labute approximate surface area is 277 Å². The van der Waals surface area contributed by atoms with Crippen LogP contribution in [0.15, 0.2) is 48.5 Å². The van der Waals surface area contributed by atoms with Crippen LogP contribution in [0.1, 0.15) is 82.7 Å². The maximum atomic E-state index is 14.4. The predicted molar refractivity (Wildman–Crippen MR) is 175 cm³/mol. The Balaban J connectivity index is 2.65. The van der Waals surface area contributed by atoms with Gasteiger partial charge in [-0.05, 0) is 78.5 Å². The Bertz CT molecular complexity index is 1470. The molecule has 0 bridgehead atoms. The highest BCUT2D eigenvalue weighted by molar-refractivity contribution is 5.94. The average Bonchev–Trinajstić information content (AvgIpc) is 2.94. The minimum absolute atomic E-state index is 0.0919. The summed E-state index contributed by atoms with van der Waals surface area (Å²) in [6, 6.07) is 12.4. The number of benzene rings is 2. The van der Waals surface area contributed by atoms with E-state index in [9.17, 15) is 29.2 Å². The number of nitrogens with two attached hydrogens (primary N) is 1. The molecule has 2 aromatic rings. The summed E-state index contributed by atoms with van der Waals surface area (Å²) in [5, 5.41) is 15.1. The monoisotopic (exact) mass is 649 g/mol. The van der Waals surface area contributed by atoms with Crippen LogP contribution in [0.3, 0.4) is 0 Å². The van der Waals surface area contributed by atoms with E-state index in [0.717, 1.165) is 16.0 Å². The first-order chi connectivity index (χ1) is 21.8. The number of hydrogen-bond acceptors (Lipinski definition) is 8. The molecule has 0 fully saturated rings. The molecule has 2 rings (SSSR count). The largest absolute Gasteiger partial charge is 0.458 e. The van der Waals surface area contributed by atoms with Gasteiger partial charge in [0, 0.05) is 12.8 Å². The molecule has 4 N–H and O–H groups in total. The summed E-state index contributed by atoms with van der Waals surface area (Å²) in [6.07, 6.45) is -1.33. The Morgan fingerprint density at radius 2 is 1.51 bits per heavy atom. The first-order valence-electron chi connectivity index (χ1n) is 15.4. The topological polar surface area (TPSA) is 181 Å². The fourth-order valence-electron chi connectivity index (χ4n) is 4.74. The van der Waals surface area contributed by atoms with Gasteiger partial charge in [0.05, 0.1) is 6.07 Å². The summed E-state index contributed by atoms with van der Waals surface area (Å²) in [6.45, 7) is 13.1. The third-order valence-electron chi connectivity index (χ3n) is 6.77. The Morgan fingerprint density at radius 3 is 2.06 bits per heavy atom. The summed E-state index contributed by atoms with van der Waals surface area (Å²) in [7, 11) is 0. The molecule has 0 radical (unpaired) electrons. The number of esters is 1. The molecule has 0 aromatic heterocycles. The highest BCUT2D eigenvalue weighted by Gasteiger charge is 2.39. The van der Waals surface area contributed by atoms with E-state index in [-0.39, 0.29) is 19.3 Å². The van der Waals surface area contributed by atoms with Gasteiger partial charge in [-0.25, -0.2) is 9.59 Å². The van der Waals surface area contributed by atoms with Crippen molar-refractivity contribution in [2.24, 2.45) is 5.73 Å². The third kappa shape index (κ3) is 12.8. The molecule has 2 aromatic carbocycles. The number of primary amides is 1. The Hall–Kier alpha value is -4.92. The molecule has 0 aliphatic rings. The fourth-order valence-corrected chi connectivity index (χ4v) is 4.74. The van der Waals surface area contributed by atoms with Crippen LogP contribution in [0.25, 0.3) is 0 Å². The van der Waals surface area contributed by atoms with Crippen LogP contribution in [0.4, 0.5) is 4.79 Å². The van der Waals surface area contributed by atoms with E-state index in [0.29, 0.717) is 11.1 Å². The second-order valence-electron chi connectivity index (χ2n) is 13.4. The second kappa shape index (κ2) is 16.6. The van der Waals surface area contributed by atoms with Crippen molar-refractivity contribution < 1.29 is 33.4 Å². The van der Waals surface area contributed by atoms with Gasteiger partial charge < -0.3 is 30.7 Å². The van der Waals surface area contributed by atoms with Crippen molar-refractivity contribution in [3.63, 3.8) is 0 Å². The van der Waals surface area contributed by atoms with E-state index >= 15 is 0 Å². The highest BCUT2D eigenvalue weighted by atomic mass is 16.6. The van der Waals surface area contributed by atoms with E-state index < -0.39 is 65.7 Å². The second-order valence-corrected chi connectivity index (χ2v) is 13.4. The van der Waals surface area contributed by atoms with Gasteiger partial charge in [0.1, 0.15) is 35.9 Å². The Morgan fingerprint density at radius 1 is 0.894 bits per heavy atom. The molecule has 3 atom stereocenters. The van der Waals surface area contributed by atoms with Crippen LogP contribution in [-0.2, 0) is 35.1 Å². The zero-order valence-corrected chi connectivity index (χ0v) is 28.5. The van der Waals surface area contributed by atoms with Crippen molar-refractivity contribution in [3.8, 4) is 6.07 Å². The summed E-state index contributed by atoms with van der Waals surface area (Å²) >= 11 is 0. The van der Waals surface area contributed by atoms with Crippen molar-refractivity contribution in [1.29, 1.82) is 5.26 Å². The van der Waals surface area contributed by atoms with E-state index in [4.69, 9.17) is 15.2 Å². The third-order valence-corrected chi connectivity index (χ3v) is 6.77. The standard InChI is InChI=1S/C35H47N5O7/c1-22-14-15-23(2)25(20-22)29(30(42)38-27(32(44)46-34(3,4)5)21-24-12-10-9-11-13-24)40(19-18-36)31(43)26(16-17-28(37)41)39-33(45)47-35(6,7)8/h9-15,20,26-27,29H,16-17,19,21H2,1-8H3,(H2,37,41)(H,38,42)(H,39,45). The molecule has 3 unspecified atom stereocenters. The van der Waals surface area contributed by atoms with E-state index in [1.807, 2.05) is 37.3 Å². The molecular formula is C35H47N5O7. The fraction of sp³-hybridized carbons (Fsp3) is 0.486. The van der Waals surface area contributed by atoms with Gasteiger partial charge in [-0.15, -0.1) is 0 Å². The molecule has 0 spiro atoms. The molecule has 0 saturated heterocycles. The lowest BCUT2D eigenvalue weighted by Gasteiger charge is -2.34. The van der Waals surface area contributed by atoms with Crippen molar-refractivity contribution in [2.75, 3.05) is 6.54 Å². The predicted octanol–water partition coefficient (Wildman–Crippen LogP) is 3.92. The van der Waals surface area contributed by atoms with Gasteiger partial charge in [-0.2, -0.15) is 5.26 Å². The lowest BCUT2D eigenvalue weighted by atomic mass is 9.95. The number of nitrogens with zero attached hydrogens (tertiary/aromatic N) is 2. The van der Waals surface area contributed by atoms with Crippen LogP contribution < -0.4 is 16.4 Å². The molecular weight excluding hydrogens is 602 g/mol. The van der Waals surface area contributed by atoms with Crippen LogP contribution in [-0.4, -0.2) is 64.5 Å². The minimum Gasteiger partial charge on any atom is -0.458 e. The van der Waals surface area contributed by atoms with Crippen molar-refractivity contribution in [2.45, 2.75) is 104 Å². The molecule has 0 aliphatic heterocycles. The average molecular weight is 650 g/mol. The number of nitrogens with one attached hydrogen (secondary N) is 2. The van der Waals surface area contributed by atoms with Crippen molar-refractivity contribution in [1.82, 2.24) is 15.5 Å². The van der Waals surface area contributed by atoms with Gasteiger partial charge >= 0.3 is 12.1 Å². The van der Waals surface area contributed by atoms with Gasteiger partial charge in [-0.1, -0.05) is 54.1 Å². The molecule has 254 valence electrons. The minimum atomic E-state index is -1.42. The van der Waals surface area contributed by atoms with Gasteiger partial charge in [0.15, 0.2) is 0 Å². The molecule has 47 heavy (non-hydrogen) atoms. The zero-order chi connectivity index (χ0) is 35.5. The number of alkyl carbamates (subject to hydrolysis) is 1. The summed E-state index contributed by atoms with van der Waals surface area (Å²) in [5.74, 6) is -2.97. The van der Waals surface area contributed by atoms with E-state index in [1.165, 1.54) is 0 Å². The molecule has 12 nitrogen and oxygen atoms in total. The van der Waals surface area contributed by atoms with Crippen LogP contribution in [0.5, 0.6) is 0 Å². The number of ether oxygens (including phenoxy) is 2. The highest BCUT2D eigenvalue weighted by Crippen LogP contribution is 2.28. The summed E-state index contributed by atoms with van der Waals surface area (Å²) in [5.41, 5.74) is 6.18. The molecule has 12 heteroatoms. The number of amides is 4. The van der Waals surface area contributed by atoms with Gasteiger partial charge in [-0.3, -0.25) is 14.4 Å². The van der Waals surface area contributed by atoms with Gasteiger partial charge in [0.25, 0.3) is 0 Å². The quantitative estimate of drug-likeness (QED) is 0.216. The summed E-state index contributed by atoms with van der Waals surface area (Å²) < 4.78 is 11.0. The molecule has 0 heterocycles. The van der Waals surface area contributed by atoms with E-state index in [1.54, 1.807) is 72.7 Å². The first-order valence-corrected chi connectivity index (χ1v) is 15.4. The Kier molecular flexibility index (Phi) is 13.5. The summed E-state index contributed by atoms with van der Waals surface area (Å²) in [4.78, 5) is 67.6. The van der Waals surface area contributed by atoms with Crippen molar-refractivity contribution >= 4 is 29.8 Å². The number of carbonyl (C=O) groups excluding carboxylic acids is 5. The van der Waals surface area contributed by atoms with Gasteiger partial charge in [0.2, 0.25) is 17.7 Å². The molecule has 0 aliphatic carbocycles. The number of aryl methyl sites for hydroxylation is 2. The number of carbonyl (C=O) groups is 5. The molecule has 4 amide bonds. The molecule has 0 saturated carbocycles. The number of hydrogen-bond donors (Lipinski definition) is 3. The first kappa shape index (κ1) is 38.3. The SMILES string of the molecule is Cc1ccc(C)c(C(C(=O)NC(Cc2ccccc2)C(=O)OC(C)(C)C)N(CC#N)C(=O)C(CCC(N)=O)NC(=O)OC(C)(C)C)c1. The van der Waals surface area contributed by atoms with E-state index in [2.05, 4.69) is 10.6 Å². The van der Waals surface area contributed by atoms with Crippen LogP contribution in [0, 0.1) is 25.2 Å². The van der Waals surface area contributed by atoms with Crippen LogP contribution in [0.2, 0.25) is 0 Å². The normalized spacial score (nSPS) is 13.3. The van der Waals surface area contributed by atoms with Crippen molar-refractivity contribution in [3.05, 3.63) is 70.8 Å². The lowest BCUT2D eigenvalue weighted by molar-refractivity contribution is -0.159. The van der Waals surface area contributed by atoms with Crippen LogP contribution >= 0.6 is 0 Å². The maximum absolute atomic E-state index is 14.4. The maximum Gasteiger partial charge on any atom is 0.408 e. The smallest absolute Gasteiger partial charge is 0.408 e. The number of nitriles is 1.